The van der Waals surface area contributed by atoms with Crippen LogP contribution in [0, 0.1) is 0 Å². The molecular weight excluding hydrogens is 286 g/mol. The molecule has 0 heterocycles. The highest BCUT2D eigenvalue weighted by Gasteiger charge is 2.13. The van der Waals surface area contributed by atoms with Crippen LogP contribution in [0.1, 0.15) is 26.7 Å². The summed E-state index contributed by atoms with van der Waals surface area (Å²) in [5.74, 6) is 1.08. The maximum Gasteiger partial charge on any atom is 0.232 e. The molecule has 0 spiro atoms. The highest BCUT2D eigenvalue weighted by atomic mass is 35.5. The van der Waals surface area contributed by atoms with Gasteiger partial charge in [0.15, 0.2) is 0 Å². The molecule has 0 aliphatic heterocycles. The number of para-hydroxylation sites is 2. The number of alkyl halides is 1. The van der Waals surface area contributed by atoms with E-state index >= 15 is 0 Å². The Morgan fingerprint density at radius 3 is 2.58 bits per heavy atom. The van der Waals surface area contributed by atoms with E-state index in [2.05, 4.69) is 4.72 Å². The molecule has 0 saturated heterocycles. The molecule has 1 rings (SSSR count). The third-order valence-corrected chi connectivity index (χ3v) is 3.94. The van der Waals surface area contributed by atoms with E-state index in [-0.39, 0.29) is 11.9 Å². The van der Waals surface area contributed by atoms with Crippen molar-refractivity contribution in [2.75, 3.05) is 16.4 Å². The summed E-state index contributed by atoms with van der Waals surface area (Å²) in [6, 6.07) is 7.01. The van der Waals surface area contributed by atoms with Crippen LogP contribution in [0.5, 0.6) is 5.75 Å². The summed E-state index contributed by atoms with van der Waals surface area (Å²) in [7, 11) is -3.35. The lowest BCUT2D eigenvalue weighted by Crippen LogP contribution is -2.18. The minimum Gasteiger partial charge on any atom is -0.489 e. The number of ether oxygens (including phenoxy) is 1. The molecule has 0 radical (unpaired) electrons. The van der Waals surface area contributed by atoms with Crippen LogP contribution in [0.25, 0.3) is 0 Å². The van der Waals surface area contributed by atoms with Gasteiger partial charge in [-0.25, -0.2) is 8.42 Å². The summed E-state index contributed by atoms with van der Waals surface area (Å²) in [4.78, 5) is 0. The Hall–Kier alpha value is -0.940. The van der Waals surface area contributed by atoms with Crippen molar-refractivity contribution in [3.05, 3.63) is 24.3 Å². The molecule has 19 heavy (non-hydrogen) atoms. The van der Waals surface area contributed by atoms with E-state index in [0.717, 1.165) is 0 Å². The predicted octanol–water partition coefficient (Wildman–Crippen LogP) is 3.23. The average Bonchev–Trinajstić information content (AvgIpc) is 2.31. The van der Waals surface area contributed by atoms with Gasteiger partial charge >= 0.3 is 0 Å². The fourth-order valence-electron chi connectivity index (χ4n) is 1.51. The lowest BCUT2D eigenvalue weighted by atomic mass is 10.3. The fraction of sp³-hybridized carbons (Fsp3) is 0.538. The molecule has 0 aromatic heterocycles. The number of sulfonamides is 1. The van der Waals surface area contributed by atoms with Crippen LogP contribution in [-0.2, 0) is 10.0 Å². The highest BCUT2D eigenvalue weighted by Crippen LogP contribution is 2.26. The molecule has 0 atom stereocenters. The smallest absolute Gasteiger partial charge is 0.232 e. The molecule has 4 nitrogen and oxygen atoms in total. The van der Waals surface area contributed by atoms with E-state index in [1.54, 1.807) is 18.2 Å². The summed E-state index contributed by atoms with van der Waals surface area (Å²) in [5.41, 5.74) is 0.474. The van der Waals surface area contributed by atoms with Crippen molar-refractivity contribution in [2.45, 2.75) is 32.8 Å². The first kappa shape index (κ1) is 16.1. The van der Waals surface area contributed by atoms with Gasteiger partial charge < -0.3 is 4.74 Å². The van der Waals surface area contributed by atoms with Crippen molar-refractivity contribution in [3.63, 3.8) is 0 Å². The first-order valence-electron chi connectivity index (χ1n) is 6.27. The van der Waals surface area contributed by atoms with Gasteiger partial charge in [-0.1, -0.05) is 12.1 Å². The monoisotopic (exact) mass is 305 g/mol. The zero-order chi connectivity index (χ0) is 14.3. The second-order valence-electron chi connectivity index (χ2n) is 4.48. The number of benzene rings is 1. The van der Waals surface area contributed by atoms with Crippen molar-refractivity contribution < 1.29 is 13.2 Å². The normalized spacial score (nSPS) is 11.6. The summed E-state index contributed by atoms with van der Waals surface area (Å²) in [6.07, 6.45) is 1.22. The van der Waals surface area contributed by atoms with Gasteiger partial charge in [0.25, 0.3) is 0 Å². The lowest BCUT2D eigenvalue weighted by Gasteiger charge is -2.15. The van der Waals surface area contributed by atoms with E-state index in [9.17, 15) is 8.42 Å². The summed E-state index contributed by atoms with van der Waals surface area (Å²) >= 11 is 5.54. The zero-order valence-electron chi connectivity index (χ0n) is 11.2. The van der Waals surface area contributed by atoms with Crippen LogP contribution in [-0.4, -0.2) is 26.2 Å². The van der Waals surface area contributed by atoms with Gasteiger partial charge in [0.05, 0.1) is 17.5 Å². The summed E-state index contributed by atoms with van der Waals surface area (Å²) in [6.45, 7) is 3.79. The largest absolute Gasteiger partial charge is 0.489 e. The molecule has 6 heteroatoms. The molecule has 108 valence electrons. The third kappa shape index (κ3) is 6.16. The number of anilines is 1. The molecule has 0 bridgehead atoms. The number of hydrogen-bond acceptors (Lipinski definition) is 3. The number of unbranched alkanes of at least 4 members (excludes halogenated alkanes) is 1. The Labute approximate surface area is 120 Å². The fourth-order valence-corrected chi connectivity index (χ4v) is 2.89. The van der Waals surface area contributed by atoms with E-state index in [0.29, 0.717) is 30.2 Å². The van der Waals surface area contributed by atoms with Crippen LogP contribution in [0.15, 0.2) is 24.3 Å². The topological polar surface area (TPSA) is 55.4 Å². The van der Waals surface area contributed by atoms with Crippen LogP contribution >= 0.6 is 11.6 Å². The molecule has 1 N–H and O–H groups in total. The minimum absolute atomic E-state index is 0.0121. The standard InChI is InChI=1S/C13H20ClNO3S/c1-11(2)18-13-8-4-3-7-12(13)15-19(16,17)10-6-5-9-14/h3-4,7-8,11,15H,5-6,9-10H2,1-2H3. The Morgan fingerprint density at radius 2 is 1.95 bits per heavy atom. The van der Waals surface area contributed by atoms with Crippen LogP contribution in [0.2, 0.25) is 0 Å². The SMILES string of the molecule is CC(C)Oc1ccccc1NS(=O)(=O)CCCCCl. The molecule has 0 amide bonds. The van der Waals surface area contributed by atoms with Gasteiger partial charge in [-0.15, -0.1) is 11.6 Å². The van der Waals surface area contributed by atoms with Crippen molar-refractivity contribution in [2.24, 2.45) is 0 Å². The predicted molar refractivity (Wildman–Crippen MR) is 79.6 cm³/mol. The lowest BCUT2D eigenvalue weighted by molar-refractivity contribution is 0.244. The van der Waals surface area contributed by atoms with E-state index in [1.807, 2.05) is 19.9 Å². The van der Waals surface area contributed by atoms with Crippen molar-refractivity contribution >= 4 is 27.3 Å². The molecule has 1 aromatic carbocycles. The molecule has 0 saturated carbocycles. The molecule has 0 unspecified atom stereocenters. The minimum atomic E-state index is -3.35. The second kappa shape index (κ2) is 7.60. The van der Waals surface area contributed by atoms with Gasteiger partial charge in [0.1, 0.15) is 5.75 Å². The maximum absolute atomic E-state index is 11.9. The van der Waals surface area contributed by atoms with Gasteiger partial charge in [-0.2, -0.15) is 0 Å². The number of halogens is 1. The van der Waals surface area contributed by atoms with Gasteiger partial charge in [-0.05, 0) is 38.8 Å². The Morgan fingerprint density at radius 1 is 1.26 bits per heavy atom. The Balaban J connectivity index is 2.75. The first-order chi connectivity index (χ1) is 8.94. The molecule has 0 fully saturated rings. The highest BCUT2D eigenvalue weighted by molar-refractivity contribution is 7.92. The van der Waals surface area contributed by atoms with Crippen molar-refractivity contribution in [3.8, 4) is 5.75 Å². The molecule has 0 aliphatic rings. The summed E-state index contributed by atoms with van der Waals surface area (Å²) in [5, 5.41) is 0. The van der Waals surface area contributed by atoms with Crippen molar-refractivity contribution in [1.82, 2.24) is 0 Å². The van der Waals surface area contributed by atoms with E-state index in [1.165, 1.54) is 0 Å². The van der Waals surface area contributed by atoms with Gasteiger partial charge in [0, 0.05) is 5.88 Å². The van der Waals surface area contributed by atoms with E-state index in [4.69, 9.17) is 16.3 Å². The number of rotatable bonds is 8. The first-order valence-corrected chi connectivity index (χ1v) is 8.45. The third-order valence-electron chi connectivity index (χ3n) is 2.31. The van der Waals surface area contributed by atoms with E-state index < -0.39 is 10.0 Å². The van der Waals surface area contributed by atoms with Crippen LogP contribution in [0.3, 0.4) is 0 Å². The van der Waals surface area contributed by atoms with Gasteiger partial charge in [-0.3, -0.25) is 4.72 Å². The summed E-state index contributed by atoms with van der Waals surface area (Å²) < 4.78 is 31.9. The molecule has 0 aliphatic carbocycles. The van der Waals surface area contributed by atoms with Crippen LogP contribution in [0.4, 0.5) is 5.69 Å². The maximum atomic E-state index is 11.9. The number of nitrogens with one attached hydrogen (secondary N) is 1. The average molecular weight is 306 g/mol. The zero-order valence-corrected chi connectivity index (χ0v) is 12.8. The number of hydrogen-bond donors (Lipinski definition) is 1. The quantitative estimate of drug-likeness (QED) is 0.592. The molecule has 1 aromatic rings. The second-order valence-corrected chi connectivity index (χ2v) is 6.70. The molecular formula is C13H20ClNO3S. The van der Waals surface area contributed by atoms with Gasteiger partial charge in [0.2, 0.25) is 10.0 Å². The van der Waals surface area contributed by atoms with Crippen molar-refractivity contribution in [1.29, 1.82) is 0 Å². The Bertz CT molecular complexity index is 488. The van der Waals surface area contributed by atoms with Crippen LogP contribution < -0.4 is 9.46 Å². The Kier molecular flexibility index (Phi) is 6.45.